The molecule has 0 spiro atoms. The smallest absolute Gasteiger partial charge is 0.248 e. The summed E-state index contributed by atoms with van der Waals surface area (Å²) in [7, 11) is 3.90. The Kier molecular flexibility index (Phi) is 9.75. The van der Waals surface area contributed by atoms with Crippen LogP contribution in [0.4, 0.5) is 11.5 Å². The molecule has 1 unspecified atom stereocenters. The quantitative estimate of drug-likeness (QED) is 0.258. The van der Waals surface area contributed by atoms with Gasteiger partial charge in [0.2, 0.25) is 11.8 Å². The summed E-state index contributed by atoms with van der Waals surface area (Å²) in [5, 5.41) is 13.9. The number of hydrogen-bond acceptors (Lipinski definition) is 4. The summed E-state index contributed by atoms with van der Waals surface area (Å²) in [6.07, 6.45) is 3.36. The largest absolute Gasteiger partial charge is 0.323 e. The normalized spacial score (nSPS) is 11.7. The molecule has 0 saturated heterocycles. The van der Waals surface area contributed by atoms with Crippen molar-refractivity contribution in [2.45, 2.75) is 26.7 Å². The summed E-state index contributed by atoms with van der Waals surface area (Å²) in [5.74, 6) is -0.119. The molecule has 7 nitrogen and oxygen atoms in total. The Bertz CT molecular complexity index is 1360. The fourth-order valence-corrected chi connectivity index (χ4v) is 3.72. The molecule has 0 aliphatic rings. The van der Waals surface area contributed by atoms with Gasteiger partial charge in [-0.15, -0.1) is 0 Å². The van der Waals surface area contributed by atoms with Crippen LogP contribution in [-0.2, 0) is 9.59 Å². The number of carbonyl (C=O) groups excluding carboxylic acids is 2. The van der Waals surface area contributed by atoms with Gasteiger partial charge in [0.25, 0.3) is 0 Å². The molecule has 0 aliphatic carbocycles. The van der Waals surface area contributed by atoms with Gasteiger partial charge in [-0.05, 0) is 62.0 Å². The Balaban J connectivity index is 0.00000186. The van der Waals surface area contributed by atoms with Gasteiger partial charge in [0, 0.05) is 23.7 Å². The van der Waals surface area contributed by atoms with Crippen LogP contribution < -0.4 is 10.6 Å². The van der Waals surface area contributed by atoms with Crippen molar-refractivity contribution in [3.63, 3.8) is 0 Å². The molecular formula is C30H35N5O2. The van der Waals surface area contributed by atoms with Crippen LogP contribution in [0.5, 0.6) is 0 Å². The molecule has 0 saturated carbocycles. The lowest BCUT2D eigenvalue weighted by molar-refractivity contribution is -0.117. The first kappa shape index (κ1) is 27.4. The number of carbonyl (C=O) groups is 2. The number of likely N-dealkylation sites (N-methyl/N-ethyl adjacent to an activating group) is 1. The molecule has 3 N–H and O–H groups in total. The van der Waals surface area contributed by atoms with Crippen molar-refractivity contribution in [2.24, 2.45) is 0 Å². The van der Waals surface area contributed by atoms with Gasteiger partial charge in [-0.2, -0.15) is 5.10 Å². The Labute approximate surface area is 218 Å². The van der Waals surface area contributed by atoms with Crippen LogP contribution >= 0.6 is 0 Å². The van der Waals surface area contributed by atoms with E-state index in [1.165, 1.54) is 6.08 Å². The fourth-order valence-electron chi connectivity index (χ4n) is 3.72. The number of fused-ring (bicyclic) bond motifs is 1. The molecule has 1 atom stereocenters. The lowest BCUT2D eigenvalue weighted by atomic mass is 9.95. The highest BCUT2D eigenvalue weighted by atomic mass is 16.2. The SMILES string of the molecule is CC.CC(C(=O)Nc1n[nH]c2ccccc12)c1cccc(-c2ccc(NC(=O)/C=C/CN(C)C)cc2)c1. The highest BCUT2D eigenvalue weighted by Gasteiger charge is 2.18. The van der Waals surface area contributed by atoms with Crippen molar-refractivity contribution in [2.75, 3.05) is 31.3 Å². The standard InChI is InChI=1S/C28H29N5O2.C2H6/c1-19(28(35)30-27-24-10-4-5-11-25(24)31-32-27)21-8-6-9-22(18-21)20-13-15-23(16-14-20)29-26(34)12-7-17-33(2)3;1-2/h4-16,18-19H,17H2,1-3H3,(H,29,34)(H2,30,31,32,35);1-2H3/b12-7+;. The zero-order chi connectivity index (χ0) is 26.8. The summed E-state index contributed by atoms with van der Waals surface area (Å²) < 4.78 is 0. The van der Waals surface area contributed by atoms with E-state index in [2.05, 4.69) is 20.8 Å². The third kappa shape index (κ3) is 7.38. The highest BCUT2D eigenvalue weighted by molar-refractivity contribution is 6.02. The number of para-hydroxylation sites is 1. The molecule has 0 radical (unpaired) electrons. The van der Waals surface area contributed by atoms with Crippen LogP contribution in [0.15, 0.2) is 84.9 Å². The Hall–Kier alpha value is -4.23. The number of rotatable bonds is 8. The Morgan fingerprint density at radius 3 is 2.41 bits per heavy atom. The van der Waals surface area contributed by atoms with Crippen molar-refractivity contribution in [1.29, 1.82) is 0 Å². The maximum atomic E-state index is 12.9. The predicted octanol–water partition coefficient (Wildman–Crippen LogP) is 6.05. The van der Waals surface area contributed by atoms with E-state index in [0.717, 1.165) is 33.3 Å². The molecular weight excluding hydrogens is 462 g/mol. The van der Waals surface area contributed by atoms with Crippen molar-refractivity contribution in [3.8, 4) is 11.1 Å². The van der Waals surface area contributed by atoms with Crippen LogP contribution in [0.1, 0.15) is 32.3 Å². The number of nitrogens with zero attached hydrogens (tertiary/aromatic N) is 2. The fraction of sp³-hybridized carbons (Fsp3) is 0.233. The zero-order valence-corrected chi connectivity index (χ0v) is 22.1. The second kappa shape index (κ2) is 13.2. The van der Waals surface area contributed by atoms with E-state index in [4.69, 9.17) is 0 Å². The van der Waals surface area contributed by atoms with E-state index in [1.54, 1.807) is 0 Å². The van der Waals surface area contributed by atoms with Crippen LogP contribution in [0, 0.1) is 0 Å². The third-order valence-electron chi connectivity index (χ3n) is 5.72. The van der Waals surface area contributed by atoms with Gasteiger partial charge < -0.3 is 15.5 Å². The molecule has 0 bridgehead atoms. The molecule has 1 aromatic heterocycles. The minimum absolute atomic E-state index is 0.125. The maximum Gasteiger partial charge on any atom is 0.248 e. The minimum Gasteiger partial charge on any atom is -0.323 e. The number of benzene rings is 3. The van der Waals surface area contributed by atoms with Gasteiger partial charge in [0.15, 0.2) is 5.82 Å². The van der Waals surface area contributed by atoms with Crippen LogP contribution in [-0.4, -0.2) is 47.6 Å². The molecule has 0 aliphatic heterocycles. The number of anilines is 2. The highest BCUT2D eigenvalue weighted by Crippen LogP contribution is 2.27. The Morgan fingerprint density at radius 1 is 0.946 bits per heavy atom. The molecule has 2 amide bonds. The number of aromatic amines is 1. The minimum atomic E-state index is -0.363. The first-order valence-electron chi connectivity index (χ1n) is 12.5. The zero-order valence-electron chi connectivity index (χ0n) is 22.1. The lowest BCUT2D eigenvalue weighted by Gasteiger charge is -2.13. The van der Waals surface area contributed by atoms with Crippen molar-refractivity contribution in [1.82, 2.24) is 15.1 Å². The summed E-state index contributed by atoms with van der Waals surface area (Å²) in [5.41, 5.74) is 4.50. The van der Waals surface area contributed by atoms with Gasteiger partial charge in [0.05, 0.1) is 11.4 Å². The number of nitrogens with one attached hydrogen (secondary N) is 3. The van der Waals surface area contributed by atoms with Crippen LogP contribution in [0.2, 0.25) is 0 Å². The summed E-state index contributed by atoms with van der Waals surface area (Å²) in [4.78, 5) is 27.0. The second-order valence-electron chi connectivity index (χ2n) is 8.69. The molecule has 4 rings (SSSR count). The van der Waals surface area contributed by atoms with Crippen molar-refractivity contribution < 1.29 is 9.59 Å². The topological polar surface area (TPSA) is 90.1 Å². The van der Waals surface area contributed by atoms with Gasteiger partial charge in [-0.1, -0.05) is 68.5 Å². The van der Waals surface area contributed by atoms with E-state index in [-0.39, 0.29) is 17.7 Å². The molecule has 4 aromatic rings. The average Bonchev–Trinajstić information content (AvgIpc) is 3.32. The van der Waals surface area contributed by atoms with Gasteiger partial charge >= 0.3 is 0 Å². The number of hydrogen-bond donors (Lipinski definition) is 3. The predicted molar refractivity (Wildman–Crippen MR) is 153 cm³/mol. The number of amides is 2. The van der Waals surface area contributed by atoms with Crippen LogP contribution in [0.3, 0.4) is 0 Å². The first-order chi connectivity index (χ1) is 17.9. The van der Waals surface area contributed by atoms with Crippen molar-refractivity contribution >= 4 is 34.2 Å². The summed E-state index contributed by atoms with van der Waals surface area (Å²) in [6.45, 7) is 6.59. The lowest BCUT2D eigenvalue weighted by Crippen LogP contribution is -2.19. The monoisotopic (exact) mass is 497 g/mol. The van der Waals surface area contributed by atoms with E-state index in [9.17, 15) is 9.59 Å². The molecule has 37 heavy (non-hydrogen) atoms. The van der Waals surface area contributed by atoms with Crippen LogP contribution in [0.25, 0.3) is 22.0 Å². The first-order valence-corrected chi connectivity index (χ1v) is 12.5. The van der Waals surface area contributed by atoms with E-state index >= 15 is 0 Å². The molecule has 0 fully saturated rings. The van der Waals surface area contributed by atoms with Gasteiger partial charge in [-0.25, -0.2) is 0 Å². The van der Waals surface area contributed by atoms with Gasteiger partial charge in [0.1, 0.15) is 0 Å². The Morgan fingerprint density at radius 2 is 1.68 bits per heavy atom. The summed E-state index contributed by atoms with van der Waals surface area (Å²) >= 11 is 0. The summed E-state index contributed by atoms with van der Waals surface area (Å²) in [6, 6.07) is 23.3. The molecule has 7 heteroatoms. The third-order valence-corrected chi connectivity index (χ3v) is 5.72. The molecule has 192 valence electrons. The number of H-pyrrole nitrogens is 1. The average molecular weight is 498 g/mol. The van der Waals surface area contributed by atoms with E-state index in [1.807, 2.05) is 119 Å². The van der Waals surface area contributed by atoms with Crippen molar-refractivity contribution in [3.05, 3.63) is 90.5 Å². The maximum absolute atomic E-state index is 12.9. The second-order valence-corrected chi connectivity index (χ2v) is 8.69. The molecule has 1 heterocycles. The van der Waals surface area contributed by atoms with E-state index in [0.29, 0.717) is 12.4 Å². The van der Waals surface area contributed by atoms with Gasteiger partial charge in [-0.3, -0.25) is 14.7 Å². The molecule has 3 aromatic carbocycles. The van der Waals surface area contributed by atoms with E-state index < -0.39 is 0 Å². The number of aromatic nitrogens is 2.